The first-order valence-corrected chi connectivity index (χ1v) is 14.7. The van der Waals surface area contributed by atoms with Gasteiger partial charge in [-0.1, -0.05) is 88.9 Å². The lowest BCUT2D eigenvalue weighted by atomic mass is 10.0. The van der Waals surface area contributed by atoms with Gasteiger partial charge in [-0.15, -0.1) is 11.8 Å². The van der Waals surface area contributed by atoms with Crippen molar-refractivity contribution in [2.24, 2.45) is 0 Å². The van der Waals surface area contributed by atoms with Gasteiger partial charge in [0, 0.05) is 24.3 Å². The minimum absolute atomic E-state index is 0.161. The zero-order chi connectivity index (χ0) is 27.9. The third-order valence-electron chi connectivity index (χ3n) is 5.58. The van der Waals surface area contributed by atoms with Crippen LogP contribution in [0.2, 0.25) is 20.1 Å². The van der Waals surface area contributed by atoms with Crippen LogP contribution in [-0.2, 0) is 28.3 Å². The van der Waals surface area contributed by atoms with E-state index in [2.05, 4.69) is 5.32 Å². The maximum Gasteiger partial charge on any atom is 0.243 e. The summed E-state index contributed by atoms with van der Waals surface area (Å²) in [5, 5.41) is 4.84. The second-order valence-corrected chi connectivity index (χ2v) is 12.6. The number of amides is 2. The molecule has 0 spiro atoms. The van der Waals surface area contributed by atoms with Gasteiger partial charge in [0.1, 0.15) is 6.04 Å². The minimum Gasteiger partial charge on any atom is -0.350 e. The van der Waals surface area contributed by atoms with E-state index in [4.69, 9.17) is 46.4 Å². The van der Waals surface area contributed by atoms with Gasteiger partial charge in [0.2, 0.25) is 11.8 Å². The number of benzene rings is 3. The number of carbonyl (C=O) groups is 2. The summed E-state index contributed by atoms with van der Waals surface area (Å²) in [4.78, 5) is 29.0. The van der Waals surface area contributed by atoms with Crippen LogP contribution in [0.5, 0.6) is 0 Å². The van der Waals surface area contributed by atoms with Crippen LogP contribution < -0.4 is 5.32 Å². The second-order valence-electron chi connectivity index (χ2n) is 9.96. The Morgan fingerprint density at radius 2 is 1.39 bits per heavy atom. The van der Waals surface area contributed by atoms with Crippen LogP contribution in [0.1, 0.15) is 37.5 Å². The molecule has 3 aromatic carbocycles. The summed E-state index contributed by atoms with van der Waals surface area (Å²) in [6.45, 7) is 5.96. The SMILES string of the molecule is CC(C)(C)NC(=O)C(Cc1ccccc1)N(Cc1ccc(Cl)c(Cl)c1)C(=O)CSCc1ccc(Cl)c(Cl)c1. The highest BCUT2D eigenvalue weighted by Gasteiger charge is 2.32. The van der Waals surface area contributed by atoms with Crippen molar-refractivity contribution in [3.63, 3.8) is 0 Å². The molecule has 0 aliphatic heterocycles. The Morgan fingerprint density at radius 1 is 0.816 bits per heavy atom. The number of hydrogen-bond donors (Lipinski definition) is 1. The number of halogens is 4. The summed E-state index contributed by atoms with van der Waals surface area (Å²) in [6, 6.07) is 19.6. The Hall–Kier alpha value is -1.89. The summed E-state index contributed by atoms with van der Waals surface area (Å²) in [5.41, 5.74) is 2.23. The molecule has 0 aliphatic rings. The quantitative estimate of drug-likeness (QED) is 0.252. The van der Waals surface area contributed by atoms with Crippen molar-refractivity contribution in [2.75, 3.05) is 5.75 Å². The monoisotopic (exact) mass is 610 g/mol. The van der Waals surface area contributed by atoms with Gasteiger partial charge in [0.15, 0.2) is 0 Å². The van der Waals surface area contributed by atoms with E-state index in [1.54, 1.807) is 29.2 Å². The van der Waals surface area contributed by atoms with Gasteiger partial charge in [-0.25, -0.2) is 0 Å². The van der Waals surface area contributed by atoms with Gasteiger partial charge in [0.25, 0.3) is 0 Å². The van der Waals surface area contributed by atoms with E-state index < -0.39 is 11.6 Å². The molecule has 3 rings (SSSR count). The van der Waals surface area contributed by atoms with Crippen LogP contribution >= 0.6 is 58.2 Å². The maximum absolute atomic E-state index is 13.7. The molecule has 0 aromatic heterocycles. The number of thioether (sulfide) groups is 1. The van der Waals surface area contributed by atoms with E-state index in [0.717, 1.165) is 16.7 Å². The zero-order valence-corrected chi connectivity index (χ0v) is 25.3. The predicted molar refractivity (Wildman–Crippen MR) is 161 cm³/mol. The summed E-state index contributed by atoms with van der Waals surface area (Å²) in [7, 11) is 0. The van der Waals surface area contributed by atoms with E-state index in [1.807, 2.05) is 63.2 Å². The van der Waals surface area contributed by atoms with Crippen LogP contribution in [-0.4, -0.2) is 34.0 Å². The molecule has 1 atom stereocenters. The lowest BCUT2D eigenvalue weighted by Crippen LogP contribution is -2.54. The van der Waals surface area contributed by atoms with Crippen molar-refractivity contribution in [3.05, 3.63) is 104 Å². The Balaban J connectivity index is 1.89. The molecule has 4 nitrogen and oxygen atoms in total. The molecule has 0 radical (unpaired) electrons. The predicted octanol–water partition coefficient (Wildman–Crippen LogP) is 8.09. The molecule has 3 aromatic rings. The minimum atomic E-state index is -0.732. The highest BCUT2D eigenvalue weighted by atomic mass is 35.5. The topological polar surface area (TPSA) is 49.4 Å². The molecule has 0 aliphatic carbocycles. The molecule has 1 unspecified atom stereocenters. The Bertz CT molecular complexity index is 1270. The van der Waals surface area contributed by atoms with Crippen molar-refractivity contribution in [1.29, 1.82) is 0 Å². The van der Waals surface area contributed by atoms with Crippen molar-refractivity contribution in [1.82, 2.24) is 10.2 Å². The fraction of sp³-hybridized carbons (Fsp3) is 0.310. The van der Waals surface area contributed by atoms with E-state index in [9.17, 15) is 9.59 Å². The molecule has 202 valence electrons. The standard InChI is InChI=1S/C29H30Cl4N2O2S/c1-29(2,3)34-28(37)26(15-19-7-5-4-6-8-19)35(16-20-9-11-22(30)24(32)13-20)27(36)18-38-17-21-10-12-23(31)25(33)14-21/h4-14,26H,15-18H2,1-3H3,(H,34,37). The molecule has 2 amide bonds. The third-order valence-corrected chi connectivity index (χ3v) is 8.05. The van der Waals surface area contributed by atoms with Crippen LogP contribution in [0.15, 0.2) is 66.7 Å². The smallest absolute Gasteiger partial charge is 0.243 e. The Morgan fingerprint density at radius 3 is 1.97 bits per heavy atom. The fourth-order valence-corrected chi connectivity index (χ4v) is 5.31. The van der Waals surface area contributed by atoms with Gasteiger partial charge in [-0.3, -0.25) is 9.59 Å². The molecule has 0 heterocycles. The lowest BCUT2D eigenvalue weighted by molar-refractivity contribution is -0.140. The van der Waals surface area contributed by atoms with Crippen molar-refractivity contribution in [3.8, 4) is 0 Å². The Labute approximate surface area is 249 Å². The van der Waals surface area contributed by atoms with Gasteiger partial charge < -0.3 is 10.2 Å². The summed E-state index contributed by atoms with van der Waals surface area (Å²) < 4.78 is 0. The zero-order valence-electron chi connectivity index (χ0n) is 21.4. The number of carbonyl (C=O) groups excluding carboxylic acids is 2. The fourth-order valence-electron chi connectivity index (χ4n) is 3.81. The molecule has 1 N–H and O–H groups in total. The molecule has 38 heavy (non-hydrogen) atoms. The van der Waals surface area contributed by atoms with Crippen molar-refractivity contribution < 1.29 is 9.59 Å². The first-order chi connectivity index (χ1) is 17.9. The van der Waals surface area contributed by atoms with Gasteiger partial charge >= 0.3 is 0 Å². The van der Waals surface area contributed by atoms with Crippen LogP contribution in [0, 0.1) is 0 Å². The van der Waals surface area contributed by atoms with Crippen molar-refractivity contribution in [2.45, 2.75) is 51.1 Å². The molecule has 0 fully saturated rings. The summed E-state index contributed by atoms with van der Waals surface area (Å²) in [5.74, 6) is 0.367. The summed E-state index contributed by atoms with van der Waals surface area (Å²) in [6.07, 6.45) is 0.368. The van der Waals surface area contributed by atoms with Gasteiger partial charge in [-0.05, 0) is 61.7 Å². The molecule has 9 heteroatoms. The highest BCUT2D eigenvalue weighted by molar-refractivity contribution is 7.99. The van der Waals surface area contributed by atoms with E-state index in [1.165, 1.54) is 11.8 Å². The van der Waals surface area contributed by atoms with Crippen LogP contribution in [0.4, 0.5) is 0 Å². The normalized spacial score (nSPS) is 12.2. The number of hydrogen-bond acceptors (Lipinski definition) is 3. The molecule has 0 saturated carbocycles. The van der Waals surface area contributed by atoms with E-state index in [-0.39, 0.29) is 24.1 Å². The van der Waals surface area contributed by atoms with E-state index >= 15 is 0 Å². The molecular formula is C29H30Cl4N2O2S. The van der Waals surface area contributed by atoms with Gasteiger partial charge in [-0.2, -0.15) is 0 Å². The summed E-state index contributed by atoms with van der Waals surface area (Å²) >= 11 is 26.0. The van der Waals surface area contributed by atoms with Crippen LogP contribution in [0.3, 0.4) is 0 Å². The largest absolute Gasteiger partial charge is 0.350 e. The van der Waals surface area contributed by atoms with Gasteiger partial charge in [0.05, 0.1) is 25.8 Å². The first kappa shape index (κ1) is 30.6. The van der Waals surface area contributed by atoms with E-state index in [0.29, 0.717) is 32.3 Å². The third kappa shape index (κ3) is 9.39. The van der Waals surface area contributed by atoms with Crippen LogP contribution in [0.25, 0.3) is 0 Å². The average molecular weight is 612 g/mol. The number of nitrogens with one attached hydrogen (secondary N) is 1. The average Bonchev–Trinajstić information content (AvgIpc) is 2.85. The maximum atomic E-state index is 13.7. The highest BCUT2D eigenvalue weighted by Crippen LogP contribution is 2.27. The second kappa shape index (κ2) is 14.0. The number of rotatable bonds is 10. The molecule has 0 saturated heterocycles. The molecular weight excluding hydrogens is 582 g/mol. The molecule has 0 bridgehead atoms. The first-order valence-electron chi connectivity index (χ1n) is 12.0. The van der Waals surface area contributed by atoms with Crippen molar-refractivity contribution >= 4 is 70.0 Å². The lowest BCUT2D eigenvalue weighted by Gasteiger charge is -2.34. The number of nitrogens with zero attached hydrogens (tertiary/aromatic N) is 1. The Kier molecular flexibility index (Phi) is 11.3.